The van der Waals surface area contributed by atoms with Crippen LogP contribution in [-0.4, -0.2) is 18.1 Å². The first kappa shape index (κ1) is 15.2. The van der Waals surface area contributed by atoms with E-state index in [1.54, 1.807) is 18.2 Å². The molecule has 0 saturated carbocycles. The highest BCUT2D eigenvalue weighted by atomic mass is 16.3. The number of piperidine rings is 1. The smallest absolute Gasteiger partial charge is 0.198 e. The first-order chi connectivity index (χ1) is 12.3. The lowest BCUT2D eigenvalue weighted by atomic mass is 9.95. The molecule has 4 rings (SSSR count). The molecule has 0 aliphatic carbocycles. The summed E-state index contributed by atoms with van der Waals surface area (Å²) in [7, 11) is 0. The van der Waals surface area contributed by atoms with Gasteiger partial charge in [0.1, 0.15) is 17.7 Å². The molecule has 5 heteroatoms. The van der Waals surface area contributed by atoms with Gasteiger partial charge in [-0.15, -0.1) is 0 Å². The quantitative estimate of drug-likeness (QED) is 0.711. The molecule has 0 radical (unpaired) electrons. The molecular weight excluding hydrogens is 312 g/mol. The van der Waals surface area contributed by atoms with Gasteiger partial charge in [0.2, 0.25) is 0 Å². The van der Waals surface area contributed by atoms with E-state index in [1.165, 1.54) is 0 Å². The van der Waals surface area contributed by atoms with Gasteiger partial charge >= 0.3 is 0 Å². The second-order valence-corrected chi connectivity index (χ2v) is 6.21. The third kappa shape index (κ3) is 2.70. The molecule has 122 valence electrons. The fraction of sp³-hybridized carbons (Fsp3) is 0.250. The van der Waals surface area contributed by atoms with Crippen LogP contribution in [0.3, 0.4) is 0 Å². The van der Waals surface area contributed by atoms with Crippen molar-refractivity contribution in [2.75, 3.05) is 18.0 Å². The Kier molecular flexibility index (Phi) is 3.84. The van der Waals surface area contributed by atoms with Gasteiger partial charge in [-0.05, 0) is 37.1 Å². The van der Waals surface area contributed by atoms with Crippen LogP contribution in [0.15, 0.2) is 46.9 Å². The molecule has 1 saturated heterocycles. The molecule has 3 aromatic rings. The average Bonchev–Trinajstić information content (AvgIpc) is 3.11. The molecule has 2 aromatic carbocycles. The van der Waals surface area contributed by atoms with Gasteiger partial charge in [-0.2, -0.15) is 10.5 Å². The highest BCUT2D eigenvalue weighted by Gasteiger charge is 2.27. The normalized spacial score (nSPS) is 15.0. The predicted molar refractivity (Wildman–Crippen MR) is 94.1 cm³/mol. The molecule has 0 spiro atoms. The highest BCUT2D eigenvalue weighted by Crippen LogP contribution is 2.34. The van der Waals surface area contributed by atoms with Crippen LogP contribution in [0.1, 0.15) is 35.8 Å². The maximum Gasteiger partial charge on any atom is 0.198 e. The lowest BCUT2D eigenvalue weighted by Crippen LogP contribution is -2.34. The van der Waals surface area contributed by atoms with Crippen molar-refractivity contribution < 1.29 is 4.42 Å². The zero-order valence-electron chi connectivity index (χ0n) is 13.6. The molecule has 1 aliphatic rings. The Balaban J connectivity index is 1.56. The number of aromatic nitrogens is 1. The molecule has 2 heterocycles. The summed E-state index contributed by atoms with van der Waals surface area (Å²) >= 11 is 0. The molecule has 0 unspecified atom stereocenters. The van der Waals surface area contributed by atoms with Crippen LogP contribution in [-0.2, 0) is 0 Å². The molecule has 1 aliphatic heterocycles. The van der Waals surface area contributed by atoms with Gasteiger partial charge < -0.3 is 9.32 Å². The van der Waals surface area contributed by atoms with Gasteiger partial charge in [0.15, 0.2) is 11.5 Å². The Bertz CT molecular complexity index is 935. The van der Waals surface area contributed by atoms with Crippen LogP contribution in [0.25, 0.3) is 11.1 Å². The minimum absolute atomic E-state index is 0.267. The number of hydrogen-bond acceptors (Lipinski definition) is 5. The van der Waals surface area contributed by atoms with Crippen LogP contribution in [0.5, 0.6) is 0 Å². The Morgan fingerprint density at radius 3 is 2.28 bits per heavy atom. The maximum absolute atomic E-state index is 9.37. The van der Waals surface area contributed by atoms with Crippen LogP contribution in [0, 0.1) is 22.7 Å². The van der Waals surface area contributed by atoms with Gasteiger partial charge in [0.05, 0.1) is 16.8 Å². The van der Waals surface area contributed by atoms with Crippen LogP contribution in [0.4, 0.5) is 5.69 Å². The van der Waals surface area contributed by atoms with Crippen molar-refractivity contribution in [3.63, 3.8) is 0 Å². The van der Waals surface area contributed by atoms with Crippen LogP contribution >= 0.6 is 0 Å². The van der Waals surface area contributed by atoms with Crippen molar-refractivity contribution in [3.8, 4) is 12.1 Å². The zero-order valence-corrected chi connectivity index (χ0v) is 13.6. The minimum Gasteiger partial charge on any atom is -0.440 e. The highest BCUT2D eigenvalue weighted by molar-refractivity contribution is 5.72. The first-order valence-electron chi connectivity index (χ1n) is 8.34. The summed E-state index contributed by atoms with van der Waals surface area (Å²) in [5.74, 6) is 1.05. The van der Waals surface area contributed by atoms with Crippen molar-refractivity contribution >= 4 is 16.8 Å². The Labute approximate surface area is 145 Å². The average molecular weight is 328 g/mol. The lowest BCUT2D eigenvalue weighted by molar-refractivity contribution is 0.407. The number of hydrogen-bond donors (Lipinski definition) is 0. The summed E-state index contributed by atoms with van der Waals surface area (Å²) in [5.41, 5.74) is 3.57. The van der Waals surface area contributed by atoms with E-state index in [-0.39, 0.29) is 5.92 Å². The number of fused-ring (bicyclic) bond motifs is 1. The third-order valence-corrected chi connectivity index (χ3v) is 4.75. The van der Waals surface area contributed by atoms with E-state index in [2.05, 4.69) is 22.0 Å². The number of nitrogens with zero attached hydrogens (tertiary/aromatic N) is 4. The molecule has 0 amide bonds. The van der Waals surface area contributed by atoms with E-state index in [9.17, 15) is 10.5 Å². The minimum atomic E-state index is 0.267. The molecule has 25 heavy (non-hydrogen) atoms. The first-order valence-corrected chi connectivity index (χ1v) is 8.34. The summed E-state index contributed by atoms with van der Waals surface area (Å²) in [6, 6.07) is 17.5. The predicted octanol–water partition coefficient (Wildman–Crippen LogP) is 3.96. The van der Waals surface area contributed by atoms with Gasteiger partial charge in [-0.25, -0.2) is 4.98 Å². The Morgan fingerprint density at radius 1 is 0.960 bits per heavy atom. The topological polar surface area (TPSA) is 76.8 Å². The summed E-state index contributed by atoms with van der Waals surface area (Å²) in [6.07, 6.45) is 1.77. The van der Waals surface area contributed by atoms with Crippen LogP contribution < -0.4 is 4.90 Å². The summed E-state index contributed by atoms with van der Waals surface area (Å²) in [5, 5.41) is 18.7. The van der Waals surface area contributed by atoms with Crippen LogP contribution in [0.2, 0.25) is 0 Å². The molecule has 0 atom stereocenters. The lowest BCUT2D eigenvalue weighted by Gasteiger charge is -2.33. The van der Waals surface area contributed by atoms with Gasteiger partial charge in [0, 0.05) is 19.0 Å². The molecule has 0 N–H and O–H groups in total. The van der Waals surface area contributed by atoms with Crippen molar-refractivity contribution in [2.45, 2.75) is 18.8 Å². The number of nitriles is 2. The van der Waals surface area contributed by atoms with Crippen molar-refractivity contribution in [2.24, 2.45) is 0 Å². The Morgan fingerprint density at radius 2 is 1.64 bits per heavy atom. The van der Waals surface area contributed by atoms with E-state index in [0.717, 1.165) is 48.6 Å². The van der Waals surface area contributed by atoms with E-state index in [4.69, 9.17) is 4.42 Å². The van der Waals surface area contributed by atoms with E-state index >= 15 is 0 Å². The maximum atomic E-state index is 9.37. The third-order valence-electron chi connectivity index (χ3n) is 4.75. The van der Waals surface area contributed by atoms with Crippen molar-refractivity contribution in [1.29, 1.82) is 10.5 Å². The Hall–Kier alpha value is -3.31. The largest absolute Gasteiger partial charge is 0.440 e. The van der Waals surface area contributed by atoms with Gasteiger partial charge in [-0.3, -0.25) is 0 Å². The summed E-state index contributed by atoms with van der Waals surface area (Å²) in [4.78, 5) is 6.75. The molecule has 0 bridgehead atoms. The number of benzene rings is 2. The second-order valence-electron chi connectivity index (χ2n) is 6.21. The van der Waals surface area contributed by atoms with Gasteiger partial charge in [-0.1, -0.05) is 18.2 Å². The number of anilines is 1. The van der Waals surface area contributed by atoms with E-state index in [0.29, 0.717) is 11.1 Å². The molecular formula is C20H16N4O. The molecule has 1 aromatic heterocycles. The van der Waals surface area contributed by atoms with Crippen molar-refractivity contribution in [3.05, 3.63) is 59.5 Å². The zero-order chi connectivity index (χ0) is 17.2. The standard InChI is InChI=1S/C20H16N4O/c21-12-15-4-3-5-16(13-22)19(15)24-10-8-14(9-11-24)20-23-17-6-1-2-7-18(17)25-20/h1-7,14H,8-11H2. The number of oxazole rings is 1. The summed E-state index contributed by atoms with van der Waals surface area (Å²) in [6.45, 7) is 1.55. The van der Waals surface area contributed by atoms with Crippen molar-refractivity contribution in [1.82, 2.24) is 4.98 Å². The monoisotopic (exact) mass is 328 g/mol. The van der Waals surface area contributed by atoms with Gasteiger partial charge in [0.25, 0.3) is 0 Å². The second kappa shape index (κ2) is 6.30. The fourth-order valence-electron chi connectivity index (χ4n) is 3.48. The van der Waals surface area contributed by atoms with E-state index in [1.807, 2.05) is 24.3 Å². The SMILES string of the molecule is N#Cc1cccc(C#N)c1N1CCC(c2nc3ccccc3o2)CC1. The summed E-state index contributed by atoms with van der Waals surface area (Å²) < 4.78 is 5.90. The molecule has 5 nitrogen and oxygen atoms in total. The molecule has 1 fully saturated rings. The number of rotatable bonds is 2. The number of para-hydroxylation sites is 3. The van der Waals surface area contributed by atoms with E-state index < -0.39 is 0 Å². The fourth-order valence-corrected chi connectivity index (χ4v) is 3.48.